The van der Waals surface area contributed by atoms with Crippen LogP contribution in [0.15, 0.2) is 12.7 Å². The van der Waals surface area contributed by atoms with Crippen LogP contribution in [-0.4, -0.2) is 42.5 Å². The summed E-state index contributed by atoms with van der Waals surface area (Å²) >= 11 is 10.1. The van der Waals surface area contributed by atoms with E-state index in [0.29, 0.717) is 13.0 Å². The van der Waals surface area contributed by atoms with Crippen molar-refractivity contribution in [1.82, 2.24) is 4.90 Å². The maximum atomic E-state index is 12.1. The molecule has 0 aromatic heterocycles. The molecule has 0 radical (unpaired) electrons. The van der Waals surface area contributed by atoms with E-state index in [-0.39, 0.29) is 12.5 Å². The summed E-state index contributed by atoms with van der Waals surface area (Å²) in [6.45, 7) is 9.75. The first-order valence-corrected chi connectivity index (χ1v) is 8.66. The fourth-order valence-corrected chi connectivity index (χ4v) is 3.51. The number of allylic oxidation sites excluding steroid dienone is 1. The molecular formula is C13H20Br3NO3. The minimum Gasteiger partial charge on any atom is -0.444 e. The van der Waals surface area contributed by atoms with Crippen molar-refractivity contribution >= 4 is 53.9 Å². The van der Waals surface area contributed by atoms with E-state index < -0.39 is 19.4 Å². The van der Waals surface area contributed by atoms with Gasteiger partial charge in [0, 0.05) is 12.5 Å². The summed E-state index contributed by atoms with van der Waals surface area (Å²) in [7, 11) is 0. The lowest BCUT2D eigenvalue weighted by Gasteiger charge is -2.36. The van der Waals surface area contributed by atoms with E-state index in [1.807, 2.05) is 20.8 Å². The van der Waals surface area contributed by atoms with E-state index in [0.717, 1.165) is 0 Å². The van der Waals surface area contributed by atoms with Crippen molar-refractivity contribution in [2.24, 2.45) is 5.92 Å². The summed E-state index contributed by atoms with van der Waals surface area (Å²) in [6.07, 6.45) is 1.92. The number of likely N-dealkylation sites (tertiary alicyclic amines) is 1. The molecule has 0 aliphatic carbocycles. The van der Waals surface area contributed by atoms with Gasteiger partial charge in [0.2, 0.25) is 0 Å². The molecule has 1 rings (SSSR count). The average molecular weight is 478 g/mol. The monoisotopic (exact) mass is 475 g/mol. The molecule has 1 aliphatic rings. The molecule has 0 aromatic carbocycles. The Balaban J connectivity index is 2.91. The number of halogens is 3. The Hall–Kier alpha value is 0.410. The van der Waals surface area contributed by atoms with Crippen LogP contribution in [0.3, 0.4) is 0 Å². The molecular weight excluding hydrogens is 458 g/mol. The van der Waals surface area contributed by atoms with Crippen molar-refractivity contribution in [1.29, 1.82) is 0 Å². The third-order valence-electron chi connectivity index (χ3n) is 3.14. The molecule has 0 aromatic rings. The Morgan fingerprint density at radius 3 is 2.45 bits per heavy atom. The van der Waals surface area contributed by atoms with E-state index in [1.54, 1.807) is 6.08 Å². The summed E-state index contributed by atoms with van der Waals surface area (Å²) in [5, 5.41) is 10.9. The number of carbonyl (C=O) groups is 1. The van der Waals surface area contributed by atoms with Crippen LogP contribution in [0.1, 0.15) is 27.2 Å². The van der Waals surface area contributed by atoms with Gasteiger partial charge >= 0.3 is 6.09 Å². The first kappa shape index (κ1) is 18.5. The predicted octanol–water partition coefficient (Wildman–Crippen LogP) is 4.00. The molecule has 20 heavy (non-hydrogen) atoms. The predicted molar refractivity (Wildman–Crippen MR) is 90.6 cm³/mol. The van der Waals surface area contributed by atoms with E-state index in [9.17, 15) is 9.90 Å². The molecule has 1 aliphatic heterocycles. The Kier molecular flexibility index (Phi) is 5.78. The van der Waals surface area contributed by atoms with Crippen LogP contribution in [0.5, 0.6) is 0 Å². The maximum absolute atomic E-state index is 12.1. The number of β-amino-alcohol motifs (C(OH)–C–C–N with tert-alkyl or cyclic N) is 1. The van der Waals surface area contributed by atoms with Crippen molar-refractivity contribution in [2.75, 3.05) is 13.1 Å². The zero-order chi connectivity index (χ0) is 15.8. The SMILES string of the molecule is C=CC[C@H]1CN(C(=O)OC(C)(C)C)C[C@]1(O)C(Br)(Br)Br. The maximum Gasteiger partial charge on any atom is 0.410 e. The summed E-state index contributed by atoms with van der Waals surface area (Å²) in [5.74, 6) is -0.148. The Morgan fingerprint density at radius 1 is 1.50 bits per heavy atom. The molecule has 4 nitrogen and oxygen atoms in total. The molecule has 0 spiro atoms. The second-order valence-electron chi connectivity index (χ2n) is 6.00. The fourth-order valence-electron chi connectivity index (χ4n) is 2.16. The van der Waals surface area contributed by atoms with Crippen LogP contribution in [0, 0.1) is 5.92 Å². The number of aliphatic hydroxyl groups is 1. The van der Waals surface area contributed by atoms with Gasteiger partial charge in [-0.25, -0.2) is 4.79 Å². The highest BCUT2D eigenvalue weighted by Gasteiger charge is 2.57. The first-order valence-electron chi connectivity index (χ1n) is 6.28. The number of hydrogen-bond donors (Lipinski definition) is 1. The van der Waals surface area contributed by atoms with Crippen LogP contribution in [-0.2, 0) is 4.74 Å². The first-order chi connectivity index (χ1) is 8.90. The van der Waals surface area contributed by atoms with Gasteiger partial charge in [0.05, 0.1) is 6.54 Å². The zero-order valence-corrected chi connectivity index (χ0v) is 16.6. The third kappa shape index (κ3) is 4.21. The standard InChI is InChI=1S/C13H20Br3NO3/c1-5-6-9-7-17(10(18)20-11(2,3)4)8-12(9,19)13(14,15)16/h5,9,19H,1,6-8H2,2-4H3/t9-,12+/m0/s1. The topological polar surface area (TPSA) is 49.8 Å². The summed E-state index contributed by atoms with van der Waals surface area (Å²) in [4.78, 5) is 13.7. The number of rotatable bonds is 2. The second-order valence-corrected chi connectivity index (χ2v) is 12.8. The molecule has 116 valence electrons. The highest BCUT2D eigenvalue weighted by molar-refractivity contribution is 9.39. The number of hydrogen-bond acceptors (Lipinski definition) is 3. The van der Waals surface area contributed by atoms with Gasteiger partial charge in [-0.3, -0.25) is 0 Å². The normalized spacial score (nSPS) is 27.6. The quantitative estimate of drug-likeness (QED) is 0.483. The highest BCUT2D eigenvalue weighted by Crippen LogP contribution is 2.51. The minimum absolute atomic E-state index is 0.148. The van der Waals surface area contributed by atoms with Gasteiger partial charge in [0.25, 0.3) is 0 Å². The number of amides is 1. The number of carbonyl (C=O) groups excluding carboxylic acids is 1. The van der Waals surface area contributed by atoms with Crippen LogP contribution < -0.4 is 0 Å². The molecule has 1 amide bonds. The number of alkyl halides is 3. The Morgan fingerprint density at radius 2 is 2.05 bits per heavy atom. The zero-order valence-electron chi connectivity index (χ0n) is 11.8. The molecule has 0 unspecified atom stereocenters. The molecule has 1 saturated heterocycles. The van der Waals surface area contributed by atoms with Gasteiger partial charge < -0.3 is 14.7 Å². The van der Waals surface area contributed by atoms with Crippen LogP contribution in [0.4, 0.5) is 4.79 Å². The van der Waals surface area contributed by atoms with Gasteiger partial charge in [-0.05, 0) is 27.2 Å². The summed E-state index contributed by atoms with van der Waals surface area (Å²) in [5.41, 5.74) is -1.72. The van der Waals surface area contributed by atoms with Crippen molar-refractivity contribution in [3.63, 3.8) is 0 Å². The van der Waals surface area contributed by atoms with E-state index >= 15 is 0 Å². The third-order valence-corrected chi connectivity index (χ3v) is 5.20. The van der Waals surface area contributed by atoms with E-state index in [4.69, 9.17) is 4.74 Å². The van der Waals surface area contributed by atoms with E-state index in [1.165, 1.54) is 4.90 Å². The van der Waals surface area contributed by atoms with Crippen molar-refractivity contribution in [3.8, 4) is 0 Å². The van der Waals surface area contributed by atoms with Gasteiger partial charge in [-0.1, -0.05) is 53.9 Å². The van der Waals surface area contributed by atoms with Crippen molar-refractivity contribution in [2.45, 2.75) is 40.5 Å². The lowest BCUT2D eigenvalue weighted by molar-refractivity contribution is 0.0114. The number of nitrogens with zero attached hydrogens (tertiary/aromatic N) is 1. The molecule has 1 N–H and O–H groups in total. The van der Waals surface area contributed by atoms with Crippen molar-refractivity contribution < 1.29 is 14.6 Å². The Labute approximate surface area is 145 Å². The summed E-state index contributed by atoms with van der Waals surface area (Å²) in [6, 6.07) is 0. The number of ether oxygens (including phenoxy) is 1. The summed E-state index contributed by atoms with van der Waals surface area (Å²) < 4.78 is 4.49. The molecule has 7 heteroatoms. The van der Waals surface area contributed by atoms with Crippen LogP contribution in [0.25, 0.3) is 0 Å². The minimum atomic E-state index is -1.17. The van der Waals surface area contributed by atoms with E-state index in [2.05, 4.69) is 54.4 Å². The van der Waals surface area contributed by atoms with Crippen LogP contribution in [0.2, 0.25) is 0 Å². The fraction of sp³-hybridized carbons (Fsp3) is 0.769. The van der Waals surface area contributed by atoms with Gasteiger partial charge in [0.15, 0.2) is 2.14 Å². The molecule has 0 bridgehead atoms. The lowest BCUT2D eigenvalue weighted by atomic mass is 9.90. The molecule has 2 atom stereocenters. The van der Waals surface area contributed by atoms with Crippen molar-refractivity contribution in [3.05, 3.63) is 12.7 Å². The highest BCUT2D eigenvalue weighted by atomic mass is 80.0. The lowest BCUT2D eigenvalue weighted by Crippen LogP contribution is -2.49. The van der Waals surface area contributed by atoms with Gasteiger partial charge in [-0.15, -0.1) is 6.58 Å². The van der Waals surface area contributed by atoms with Gasteiger partial charge in [0.1, 0.15) is 11.2 Å². The Bertz CT molecular complexity index is 389. The van der Waals surface area contributed by atoms with Gasteiger partial charge in [-0.2, -0.15) is 0 Å². The van der Waals surface area contributed by atoms with Crippen LogP contribution >= 0.6 is 47.8 Å². The smallest absolute Gasteiger partial charge is 0.410 e. The second kappa shape index (κ2) is 6.26. The molecule has 0 saturated carbocycles. The molecule has 1 heterocycles. The largest absolute Gasteiger partial charge is 0.444 e. The average Bonchev–Trinajstić information content (AvgIpc) is 2.55. The molecule has 1 fully saturated rings.